The Morgan fingerprint density at radius 3 is 3.00 bits per heavy atom. The molecule has 0 aliphatic rings. The number of alkyl halides is 1. The van der Waals surface area contributed by atoms with Crippen molar-refractivity contribution < 1.29 is 4.42 Å². The molecule has 1 aromatic carbocycles. The lowest BCUT2D eigenvalue weighted by atomic mass is 10.1. The lowest BCUT2D eigenvalue weighted by Crippen LogP contribution is -2.23. The largest absolute Gasteiger partial charge is 0.417 e. The maximum atomic E-state index is 11.1. The number of H-pyrrole nitrogens is 1. The molecule has 0 bridgehead atoms. The molecule has 0 aliphatic carbocycles. The number of hydrogen-bond donors (Lipinski definition) is 1. The highest BCUT2D eigenvalue weighted by Gasteiger charge is 2.12. The van der Waals surface area contributed by atoms with Crippen molar-refractivity contribution in [2.75, 3.05) is 20.1 Å². The molecular formula is C14H19ClN2O2. The van der Waals surface area contributed by atoms with Gasteiger partial charge in [0.2, 0.25) is 0 Å². The molecule has 1 N–H and O–H groups in total. The zero-order valence-electron chi connectivity index (χ0n) is 11.3. The van der Waals surface area contributed by atoms with Crippen LogP contribution in [0.3, 0.4) is 0 Å². The molecule has 0 radical (unpaired) electrons. The molecule has 1 heterocycles. The average molecular weight is 283 g/mol. The van der Waals surface area contributed by atoms with Gasteiger partial charge in [-0.2, -0.15) is 0 Å². The molecule has 104 valence electrons. The van der Waals surface area contributed by atoms with Crippen LogP contribution in [0.5, 0.6) is 0 Å². The van der Waals surface area contributed by atoms with Crippen LogP contribution in [0.15, 0.2) is 27.4 Å². The topological polar surface area (TPSA) is 49.2 Å². The molecule has 1 atom stereocenters. The first-order chi connectivity index (χ1) is 9.10. The molecule has 5 heteroatoms. The minimum atomic E-state index is -0.432. The van der Waals surface area contributed by atoms with Gasteiger partial charge in [0.15, 0.2) is 5.58 Å². The molecule has 19 heavy (non-hydrogen) atoms. The monoisotopic (exact) mass is 282 g/mol. The number of nitrogens with one attached hydrogen (secondary N) is 1. The molecule has 1 aromatic heterocycles. The van der Waals surface area contributed by atoms with Crippen molar-refractivity contribution in [2.45, 2.75) is 25.1 Å². The number of nitrogens with zero attached hydrogens (tertiary/aromatic N) is 1. The molecule has 2 rings (SSSR count). The summed E-state index contributed by atoms with van der Waals surface area (Å²) < 4.78 is 5.05. The zero-order valence-corrected chi connectivity index (χ0v) is 12.0. The van der Waals surface area contributed by atoms with Gasteiger partial charge in [0.05, 0.1) is 10.9 Å². The molecule has 0 saturated carbocycles. The van der Waals surface area contributed by atoms with Crippen molar-refractivity contribution in [3.05, 3.63) is 34.3 Å². The van der Waals surface area contributed by atoms with E-state index in [1.165, 1.54) is 12.8 Å². The van der Waals surface area contributed by atoms with Gasteiger partial charge in [-0.05, 0) is 37.7 Å². The smallest absolute Gasteiger partial charge is 0.408 e. The van der Waals surface area contributed by atoms with Gasteiger partial charge < -0.3 is 9.32 Å². The molecular weight excluding hydrogens is 264 g/mol. The Hall–Kier alpha value is -1.26. The van der Waals surface area contributed by atoms with Crippen LogP contribution in [0.4, 0.5) is 0 Å². The van der Waals surface area contributed by atoms with Crippen LogP contribution in [0.2, 0.25) is 0 Å². The van der Waals surface area contributed by atoms with Crippen molar-refractivity contribution >= 4 is 22.7 Å². The van der Waals surface area contributed by atoms with Gasteiger partial charge in [-0.3, -0.25) is 4.98 Å². The van der Waals surface area contributed by atoms with Gasteiger partial charge in [0.1, 0.15) is 0 Å². The molecule has 0 saturated heterocycles. The van der Waals surface area contributed by atoms with E-state index in [2.05, 4.69) is 23.9 Å². The first-order valence-corrected chi connectivity index (χ1v) is 6.99. The number of fused-ring (bicyclic) bond motifs is 1. The number of aromatic nitrogens is 1. The Bertz CT molecular complexity index is 590. The second kappa shape index (κ2) is 6.26. The van der Waals surface area contributed by atoms with Crippen LogP contribution in [0.25, 0.3) is 11.1 Å². The molecule has 2 aromatic rings. The lowest BCUT2D eigenvalue weighted by Gasteiger charge is -2.19. The summed E-state index contributed by atoms with van der Waals surface area (Å²) >= 11 is 6.42. The Kier molecular flexibility index (Phi) is 4.66. The number of benzene rings is 1. The van der Waals surface area contributed by atoms with Crippen LogP contribution in [0, 0.1) is 0 Å². The SMILES string of the molecule is CCCCN(C)CC(Cl)c1ccc2[nH]c(=O)oc2c1. The van der Waals surface area contributed by atoms with Gasteiger partial charge in [-0.15, -0.1) is 11.6 Å². The number of hydrogen-bond acceptors (Lipinski definition) is 3. The van der Waals surface area contributed by atoms with E-state index < -0.39 is 5.76 Å². The van der Waals surface area contributed by atoms with Crippen molar-refractivity contribution in [3.8, 4) is 0 Å². The van der Waals surface area contributed by atoms with E-state index in [1.54, 1.807) is 0 Å². The van der Waals surface area contributed by atoms with Gasteiger partial charge in [-0.25, -0.2) is 4.79 Å². The highest BCUT2D eigenvalue weighted by atomic mass is 35.5. The number of halogens is 1. The number of aromatic amines is 1. The fraction of sp³-hybridized carbons (Fsp3) is 0.500. The van der Waals surface area contributed by atoms with Gasteiger partial charge in [0.25, 0.3) is 0 Å². The molecule has 0 amide bonds. The number of rotatable bonds is 6. The summed E-state index contributed by atoms with van der Waals surface area (Å²) in [4.78, 5) is 15.9. The van der Waals surface area contributed by atoms with E-state index in [0.717, 1.165) is 18.7 Å². The minimum Gasteiger partial charge on any atom is -0.408 e. The van der Waals surface area contributed by atoms with Gasteiger partial charge in [0, 0.05) is 6.54 Å². The van der Waals surface area contributed by atoms with Crippen molar-refractivity contribution in [1.82, 2.24) is 9.88 Å². The van der Waals surface area contributed by atoms with E-state index >= 15 is 0 Å². The molecule has 0 aliphatic heterocycles. The van der Waals surface area contributed by atoms with Gasteiger partial charge >= 0.3 is 5.76 Å². The number of unbranched alkanes of at least 4 members (excludes halogenated alkanes) is 1. The van der Waals surface area contributed by atoms with Gasteiger partial charge in [-0.1, -0.05) is 19.4 Å². The van der Waals surface area contributed by atoms with Crippen LogP contribution in [0.1, 0.15) is 30.7 Å². The number of likely N-dealkylation sites (N-methyl/N-ethyl adjacent to an activating group) is 1. The third-order valence-electron chi connectivity index (χ3n) is 3.17. The van der Waals surface area contributed by atoms with E-state index in [4.69, 9.17) is 16.0 Å². The summed E-state index contributed by atoms with van der Waals surface area (Å²) in [6.07, 6.45) is 2.35. The second-order valence-electron chi connectivity index (χ2n) is 4.85. The maximum absolute atomic E-state index is 11.1. The summed E-state index contributed by atoms with van der Waals surface area (Å²) in [6.45, 7) is 4.00. The zero-order chi connectivity index (χ0) is 13.8. The summed E-state index contributed by atoms with van der Waals surface area (Å²) in [7, 11) is 2.07. The Balaban J connectivity index is 2.08. The lowest BCUT2D eigenvalue weighted by molar-refractivity contribution is 0.328. The van der Waals surface area contributed by atoms with Crippen molar-refractivity contribution in [1.29, 1.82) is 0 Å². The molecule has 4 nitrogen and oxygen atoms in total. The fourth-order valence-corrected chi connectivity index (χ4v) is 2.43. The van der Waals surface area contributed by atoms with Crippen LogP contribution < -0.4 is 5.76 Å². The Morgan fingerprint density at radius 1 is 1.47 bits per heavy atom. The van der Waals surface area contributed by atoms with Crippen LogP contribution in [-0.2, 0) is 0 Å². The fourth-order valence-electron chi connectivity index (χ4n) is 2.06. The highest BCUT2D eigenvalue weighted by Crippen LogP contribution is 2.24. The molecule has 0 fully saturated rings. The van der Waals surface area contributed by atoms with E-state index in [0.29, 0.717) is 11.1 Å². The highest BCUT2D eigenvalue weighted by molar-refractivity contribution is 6.21. The predicted octanol–water partition coefficient (Wildman–Crippen LogP) is 3.13. The van der Waals surface area contributed by atoms with Crippen LogP contribution in [-0.4, -0.2) is 30.0 Å². The summed E-state index contributed by atoms with van der Waals surface area (Å²) in [5.74, 6) is -0.432. The van der Waals surface area contributed by atoms with Crippen molar-refractivity contribution in [2.24, 2.45) is 0 Å². The summed E-state index contributed by atoms with van der Waals surface area (Å²) in [5, 5.41) is -0.105. The normalized spacial score (nSPS) is 13.3. The maximum Gasteiger partial charge on any atom is 0.417 e. The predicted molar refractivity (Wildman–Crippen MR) is 77.8 cm³/mol. The standard InChI is InChI=1S/C14H19ClN2O2/c1-3-4-7-17(2)9-11(15)10-5-6-12-13(8-10)19-14(18)16-12/h5-6,8,11H,3-4,7,9H2,1-2H3,(H,16,18). The Labute approximate surface area is 117 Å². The quantitative estimate of drug-likeness (QED) is 0.828. The summed E-state index contributed by atoms with van der Waals surface area (Å²) in [6, 6.07) is 5.59. The van der Waals surface area contributed by atoms with Crippen molar-refractivity contribution in [3.63, 3.8) is 0 Å². The third-order valence-corrected chi connectivity index (χ3v) is 3.56. The Morgan fingerprint density at radius 2 is 2.26 bits per heavy atom. The minimum absolute atomic E-state index is 0.105. The number of oxazole rings is 1. The molecule has 1 unspecified atom stereocenters. The first kappa shape index (κ1) is 14.2. The molecule has 0 spiro atoms. The van der Waals surface area contributed by atoms with E-state index in [-0.39, 0.29) is 5.38 Å². The van der Waals surface area contributed by atoms with E-state index in [9.17, 15) is 4.79 Å². The summed E-state index contributed by atoms with van der Waals surface area (Å²) in [5.41, 5.74) is 2.24. The average Bonchev–Trinajstić information content (AvgIpc) is 2.75. The van der Waals surface area contributed by atoms with E-state index in [1.807, 2.05) is 18.2 Å². The first-order valence-electron chi connectivity index (χ1n) is 6.55. The third kappa shape index (κ3) is 3.61. The van der Waals surface area contributed by atoms with Crippen LogP contribution >= 0.6 is 11.6 Å². The second-order valence-corrected chi connectivity index (χ2v) is 5.38.